The molecule has 3 aliphatic rings. The van der Waals surface area contributed by atoms with Gasteiger partial charge in [0.1, 0.15) is 5.75 Å². The first-order valence-corrected chi connectivity index (χ1v) is 13.3. The number of aliphatic hydroxyl groups excluding tert-OH is 1. The second-order valence-corrected chi connectivity index (χ2v) is 10.9. The largest absolute Gasteiger partial charge is 0.508 e. The van der Waals surface area contributed by atoms with Gasteiger partial charge in [0, 0.05) is 5.92 Å². The molecule has 2 heterocycles. The fourth-order valence-corrected chi connectivity index (χ4v) is 6.27. The lowest BCUT2D eigenvalue weighted by molar-refractivity contribution is -0.143. The number of aliphatic hydroxyl groups is 1. The lowest BCUT2D eigenvalue weighted by atomic mass is 9.69. The number of allylic oxidation sites excluding steroid dienone is 1. The number of carbonyl (C=O) groups is 2. The van der Waals surface area contributed by atoms with Crippen molar-refractivity contribution < 1.29 is 50.9 Å². The number of amides is 2. The molecule has 2 aromatic carbocycles. The molecule has 2 saturated heterocycles. The van der Waals surface area contributed by atoms with Crippen LogP contribution in [0.5, 0.6) is 5.75 Å². The van der Waals surface area contributed by atoms with Crippen LogP contribution < -0.4 is 4.90 Å². The summed E-state index contributed by atoms with van der Waals surface area (Å²) >= 11 is 0. The number of ether oxygens (including phenoxy) is 1. The van der Waals surface area contributed by atoms with E-state index in [2.05, 4.69) is 0 Å². The minimum absolute atomic E-state index is 0.0171. The molecular weight excluding hydrogens is 568 g/mol. The number of hydrogen-bond acceptors (Lipinski definition) is 5. The lowest BCUT2D eigenvalue weighted by Crippen LogP contribution is -2.35. The van der Waals surface area contributed by atoms with Gasteiger partial charge in [0.05, 0.1) is 48.0 Å². The van der Waals surface area contributed by atoms with Crippen molar-refractivity contribution in [2.24, 2.45) is 17.8 Å². The molecule has 2 amide bonds. The standard InChI is InChI=1S/C30H27F6NO5/c1-15(7-16-3-2-4-21(39)8-16)5-6-24-25-17(13-38)9-22-26(23(25)14-42-24)28(41)37(27(22)40)20-11-18(29(31,32)33)10-19(12-20)30(34,35)36/h2-4,7-8,10-12,22-24,26,38-39H,5-6,9,13-14H2,1H3/b15-7+/t22-,23+,24-,26-/m1/s1. The summed E-state index contributed by atoms with van der Waals surface area (Å²) in [6.45, 7) is 1.48. The van der Waals surface area contributed by atoms with Gasteiger partial charge in [-0.3, -0.25) is 9.59 Å². The molecule has 1 aliphatic carbocycles. The normalized spacial score (nSPS) is 24.9. The van der Waals surface area contributed by atoms with E-state index in [1.165, 1.54) is 0 Å². The molecule has 0 aromatic heterocycles. The number of imide groups is 1. The third-order valence-corrected chi connectivity index (χ3v) is 8.11. The van der Waals surface area contributed by atoms with Crippen molar-refractivity contribution in [1.29, 1.82) is 0 Å². The van der Waals surface area contributed by atoms with E-state index in [9.17, 15) is 46.1 Å². The van der Waals surface area contributed by atoms with Gasteiger partial charge < -0.3 is 14.9 Å². The van der Waals surface area contributed by atoms with Crippen LogP contribution in [0.2, 0.25) is 0 Å². The van der Waals surface area contributed by atoms with E-state index in [1.807, 2.05) is 19.1 Å². The van der Waals surface area contributed by atoms with E-state index >= 15 is 0 Å². The zero-order valence-corrected chi connectivity index (χ0v) is 22.3. The number of fused-ring (bicyclic) bond motifs is 3. The number of alkyl halides is 6. The Morgan fingerprint density at radius 1 is 1.00 bits per heavy atom. The van der Waals surface area contributed by atoms with Crippen molar-refractivity contribution in [3.63, 3.8) is 0 Å². The van der Waals surface area contributed by atoms with Gasteiger partial charge in [-0.2, -0.15) is 26.3 Å². The van der Waals surface area contributed by atoms with Crippen molar-refractivity contribution in [3.8, 4) is 5.75 Å². The van der Waals surface area contributed by atoms with Crippen LogP contribution in [-0.4, -0.2) is 41.3 Å². The highest BCUT2D eigenvalue weighted by molar-refractivity contribution is 6.22. The van der Waals surface area contributed by atoms with E-state index < -0.39 is 71.4 Å². The Bertz CT molecular complexity index is 1450. The van der Waals surface area contributed by atoms with Gasteiger partial charge in [-0.25, -0.2) is 4.90 Å². The van der Waals surface area contributed by atoms with Crippen molar-refractivity contribution in [1.82, 2.24) is 0 Å². The molecule has 0 unspecified atom stereocenters. The topological polar surface area (TPSA) is 87.1 Å². The molecule has 6 nitrogen and oxygen atoms in total. The van der Waals surface area contributed by atoms with Crippen LogP contribution in [-0.2, 0) is 26.7 Å². The lowest BCUT2D eigenvalue weighted by Gasteiger charge is -2.31. The number of carbonyl (C=O) groups excluding carboxylic acids is 2. The number of rotatable bonds is 6. The van der Waals surface area contributed by atoms with Crippen molar-refractivity contribution >= 4 is 23.6 Å². The first-order valence-electron chi connectivity index (χ1n) is 13.3. The van der Waals surface area contributed by atoms with Crippen LogP contribution in [0.4, 0.5) is 32.0 Å². The molecule has 4 atom stereocenters. The average Bonchev–Trinajstić information content (AvgIpc) is 3.44. The Morgan fingerprint density at radius 2 is 1.67 bits per heavy atom. The molecule has 0 spiro atoms. The van der Waals surface area contributed by atoms with Crippen LogP contribution in [0.1, 0.15) is 42.9 Å². The van der Waals surface area contributed by atoms with Crippen LogP contribution in [0.3, 0.4) is 0 Å². The van der Waals surface area contributed by atoms with E-state index in [-0.39, 0.29) is 24.8 Å². The number of anilines is 1. The van der Waals surface area contributed by atoms with E-state index in [0.29, 0.717) is 41.0 Å². The Kier molecular flexibility index (Phi) is 7.73. The Morgan fingerprint density at radius 3 is 2.26 bits per heavy atom. The third kappa shape index (κ3) is 5.57. The maximum Gasteiger partial charge on any atom is 0.416 e. The fraction of sp³-hybridized carbons (Fsp3) is 0.400. The highest BCUT2D eigenvalue weighted by Gasteiger charge is 2.57. The third-order valence-electron chi connectivity index (χ3n) is 8.11. The summed E-state index contributed by atoms with van der Waals surface area (Å²) in [6.07, 6.45) is -7.91. The molecular formula is C30H27F6NO5. The SMILES string of the molecule is C/C(=C\c1cccc(O)c1)CC[C@H]1OC[C@H]2C1=C(CO)C[C@H]1C(=O)N(c3cc(C(F)(F)F)cc(C(F)(F)F)c3)C(=O)[C@H]12. The summed E-state index contributed by atoms with van der Waals surface area (Å²) < 4.78 is 86.9. The molecule has 0 radical (unpaired) electrons. The maximum atomic E-state index is 13.6. The second kappa shape index (κ2) is 10.9. The summed E-state index contributed by atoms with van der Waals surface area (Å²) in [6, 6.07) is 7.39. The molecule has 0 saturated carbocycles. The minimum Gasteiger partial charge on any atom is -0.508 e. The molecule has 0 bridgehead atoms. The molecule has 5 rings (SSSR count). The van der Waals surface area contributed by atoms with Gasteiger partial charge in [-0.15, -0.1) is 0 Å². The quantitative estimate of drug-likeness (QED) is 0.239. The van der Waals surface area contributed by atoms with Gasteiger partial charge in [0.2, 0.25) is 11.8 Å². The molecule has 224 valence electrons. The monoisotopic (exact) mass is 595 g/mol. The van der Waals surface area contributed by atoms with Gasteiger partial charge in [0.25, 0.3) is 0 Å². The van der Waals surface area contributed by atoms with Crippen LogP contribution in [0.25, 0.3) is 6.08 Å². The molecule has 2 aromatic rings. The average molecular weight is 596 g/mol. The number of hydrogen-bond donors (Lipinski definition) is 2. The number of phenols is 1. The number of benzene rings is 2. The molecule has 12 heteroatoms. The Balaban J connectivity index is 1.41. The maximum absolute atomic E-state index is 13.6. The van der Waals surface area contributed by atoms with Crippen molar-refractivity contribution in [2.45, 2.75) is 44.6 Å². The van der Waals surface area contributed by atoms with E-state index in [4.69, 9.17) is 4.74 Å². The highest BCUT2D eigenvalue weighted by atomic mass is 19.4. The number of aromatic hydroxyl groups is 1. The zero-order chi connectivity index (χ0) is 30.6. The summed E-state index contributed by atoms with van der Waals surface area (Å²) in [7, 11) is 0. The number of halogens is 6. The van der Waals surface area contributed by atoms with Crippen LogP contribution in [0, 0.1) is 17.8 Å². The van der Waals surface area contributed by atoms with Crippen molar-refractivity contribution in [2.75, 3.05) is 18.1 Å². The second-order valence-electron chi connectivity index (χ2n) is 10.9. The predicted octanol–water partition coefficient (Wildman–Crippen LogP) is 6.13. The summed E-state index contributed by atoms with van der Waals surface area (Å²) in [5.41, 5.74) is -1.14. The zero-order valence-electron chi connectivity index (χ0n) is 22.3. The van der Waals surface area contributed by atoms with Gasteiger partial charge in [-0.05, 0) is 73.2 Å². The van der Waals surface area contributed by atoms with Crippen LogP contribution in [0.15, 0.2) is 59.2 Å². The highest BCUT2D eigenvalue weighted by Crippen LogP contribution is 2.51. The Hall–Kier alpha value is -3.64. The molecule has 42 heavy (non-hydrogen) atoms. The first kappa shape index (κ1) is 29.8. The summed E-state index contributed by atoms with van der Waals surface area (Å²) in [5, 5.41) is 19.8. The van der Waals surface area contributed by atoms with Gasteiger partial charge in [0.15, 0.2) is 0 Å². The minimum atomic E-state index is -5.15. The van der Waals surface area contributed by atoms with Gasteiger partial charge >= 0.3 is 12.4 Å². The van der Waals surface area contributed by atoms with Crippen molar-refractivity contribution in [3.05, 3.63) is 75.9 Å². The first-order chi connectivity index (χ1) is 19.7. The molecule has 2 fully saturated rings. The van der Waals surface area contributed by atoms with E-state index in [1.54, 1.807) is 18.2 Å². The van der Waals surface area contributed by atoms with Crippen LogP contribution >= 0.6 is 0 Å². The fourth-order valence-electron chi connectivity index (χ4n) is 6.27. The predicted molar refractivity (Wildman–Crippen MR) is 139 cm³/mol. The molecule has 2 N–H and O–H groups in total. The summed E-state index contributed by atoms with van der Waals surface area (Å²) in [5.74, 6) is -4.41. The smallest absolute Gasteiger partial charge is 0.416 e. The Labute approximate surface area is 236 Å². The molecule has 2 aliphatic heterocycles. The number of phenolic OH excluding ortho intramolecular Hbond substituents is 1. The number of nitrogens with zero attached hydrogens (tertiary/aromatic N) is 1. The van der Waals surface area contributed by atoms with E-state index in [0.717, 1.165) is 11.1 Å². The van der Waals surface area contributed by atoms with Gasteiger partial charge in [-0.1, -0.05) is 23.8 Å². The summed E-state index contributed by atoms with van der Waals surface area (Å²) in [4.78, 5) is 27.4.